The Hall–Kier alpha value is -3.67. The maximum atomic E-state index is 14.2. The number of amides is 1. The van der Waals surface area contributed by atoms with Gasteiger partial charge in [0.15, 0.2) is 11.6 Å². The van der Waals surface area contributed by atoms with E-state index in [-0.39, 0.29) is 27.7 Å². The Bertz CT molecular complexity index is 1290. The van der Waals surface area contributed by atoms with Crippen LogP contribution < -0.4 is 10.9 Å². The highest BCUT2D eigenvalue weighted by Gasteiger charge is 2.53. The molecule has 0 spiro atoms. The summed E-state index contributed by atoms with van der Waals surface area (Å²) in [7, 11) is 0. The van der Waals surface area contributed by atoms with Crippen molar-refractivity contribution in [3.8, 4) is 6.07 Å². The number of fused-ring (bicyclic) bond motifs is 1. The van der Waals surface area contributed by atoms with Gasteiger partial charge >= 0.3 is 0 Å². The normalized spacial score (nSPS) is 15.4. The van der Waals surface area contributed by atoms with Crippen LogP contribution in [0.25, 0.3) is 10.9 Å². The van der Waals surface area contributed by atoms with Crippen LogP contribution in [0.5, 0.6) is 0 Å². The van der Waals surface area contributed by atoms with Crippen LogP contribution in [0.1, 0.15) is 42.6 Å². The van der Waals surface area contributed by atoms with E-state index in [1.165, 1.54) is 25.3 Å². The van der Waals surface area contributed by atoms with Gasteiger partial charge < -0.3 is 10.3 Å². The second kappa shape index (κ2) is 6.99. The maximum Gasteiger partial charge on any atom is 0.252 e. The highest BCUT2D eigenvalue weighted by Crippen LogP contribution is 2.48. The van der Waals surface area contributed by atoms with Crippen molar-refractivity contribution in [1.29, 1.82) is 5.26 Å². The molecule has 1 fully saturated rings. The SMILES string of the molecule is C[C@H](NC(=O)C1(c2cc3c(F)c(F)ccc3[nH]c2=O)CC1)c1ncc(C#N)cc1F. The molecule has 2 N–H and O–H groups in total. The zero-order valence-electron chi connectivity index (χ0n) is 15.7. The molecule has 4 rings (SSSR count). The van der Waals surface area contributed by atoms with Crippen LogP contribution in [0, 0.1) is 28.8 Å². The number of nitrogens with zero attached hydrogens (tertiary/aromatic N) is 2. The monoisotopic (exact) mass is 412 g/mol. The van der Waals surface area contributed by atoms with Gasteiger partial charge in [0.1, 0.15) is 11.9 Å². The fourth-order valence-electron chi connectivity index (χ4n) is 3.55. The summed E-state index contributed by atoms with van der Waals surface area (Å²) in [5.41, 5.74) is -1.65. The van der Waals surface area contributed by atoms with Crippen molar-refractivity contribution in [2.75, 3.05) is 0 Å². The molecule has 6 nitrogen and oxygen atoms in total. The fourth-order valence-corrected chi connectivity index (χ4v) is 3.55. The number of hydrogen-bond donors (Lipinski definition) is 2. The number of aromatic amines is 1. The lowest BCUT2D eigenvalue weighted by Gasteiger charge is -2.20. The van der Waals surface area contributed by atoms with Crippen LogP contribution in [0.2, 0.25) is 0 Å². The van der Waals surface area contributed by atoms with Gasteiger partial charge in [0.25, 0.3) is 5.56 Å². The van der Waals surface area contributed by atoms with Gasteiger partial charge in [0.2, 0.25) is 5.91 Å². The topological polar surface area (TPSA) is 98.6 Å². The standard InChI is InChI=1S/C21H15F3N4O2/c1-10(18-15(23)6-11(8-25)9-26-18)27-20(30)21(4-5-21)13-7-12-16(28-19(13)29)3-2-14(22)17(12)24/h2-3,6-7,9-10H,4-5H2,1H3,(H,27,30)(H,28,29)/t10-/m0/s1. The van der Waals surface area contributed by atoms with E-state index in [1.54, 1.807) is 6.07 Å². The number of H-pyrrole nitrogens is 1. The van der Waals surface area contributed by atoms with E-state index >= 15 is 0 Å². The molecular weight excluding hydrogens is 397 g/mol. The van der Waals surface area contributed by atoms with Gasteiger partial charge in [0.05, 0.1) is 28.2 Å². The first-order chi connectivity index (χ1) is 14.3. The number of nitriles is 1. The van der Waals surface area contributed by atoms with Gasteiger partial charge in [-0.15, -0.1) is 0 Å². The lowest BCUT2D eigenvalue weighted by molar-refractivity contribution is -0.124. The second-order valence-electron chi connectivity index (χ2n) is 7.31. The van der Waals surface area contributed by atoms with Gasteiger partial charge in [-0.05, 0) is 44.0 Å². The van der Waals surface area contributed by atoms with Crippen molar-refractivity contribution in [1.82, 2.24) is 15.3 Å². The highest BCUT2D eigenvalue weighted by molar-refractivity contribution is 5.93. The van der Waals surface area contributed by atoms with E-state index in [1.807, 2.05) is 0 Å². The summed E-state index contributed by atoms with van der Waals surface area (Å²) in [6.45, 7) is 1.52. The summed E-state index contributed by atoms with van der Waals surface area (Å²) >= 11 is 0. The molecule has 1 aliphatic carbocycles. The largest absolute Gasteiger partial charge is 0.347 e. The van der Waals surface area contributed by atoms with Crippen LogP contribution in [-0.4, -0.2) is 15.9 Å². The Morgan fingerprint density at radius 3 is 2.63 bits per heavy atom. The van der Waals surface area contributed by atoms with Crippen molar-refractivity contribution in [3.05, 3.63) is 75.1 Å². The summed E-state index contributed by atoms with van der Waals surface area (Å²) < 4.78 is 42.0. The van der Waals surface area contributed by atoms with E-state index < -0.39 is 40.4 Å². The lowest BCUT2D eigenvalue weighted by Crippen LogP contribution is -2.39. The molecule has 1 aromatic carbocycles. The molecular formula is C21H15F3N4O2. The molecule has 2 aromatic heterocycles. The van der Waals surface area contributed by atoms with Gasteiger partial charge in [-0.1, -0.05) is 0 Å². The average molecular weight is 412 g/mol. The Morgan fingerprint density at radius 1 is 1.27 bits per heavy atom. The molecule has 30 heavy (non-hydrogen) atoms. The summed E-state index contributed by atoms with van der Waals surface area (Å²) in [5, 5.41) is 11.3. The molecule has 1 saturated carbocycles. The van der Waals surface area contributed by atoms with Crippen LogP contribution in [0.3, 0.4) is 0 Å². The van der Waals surface area contributed by atoms with Gasteiger partial charge in [-0.25, -0.2) is 13.2 Å². The molecule has 0 unspecified atom stereocenters. The van der Waals surface area contributed by atoms with Crippen molar-refractivity contribution in [2.24, 2.45) is 0 Å². The molecule has 0 saturated heterocycles. The van der Waals surface area contributed by atoms with E-state index in [0.717, 1.165) is 12.1 Å². The third-order valence-electron chi connectivity index (χ3n) is 5.37. The quantitative estimate of drug-likeness (QED) is 0.688. The Balaban J connectivity index is 1.67. The number of aromatic nitrogens is 2. The van der Waals surface area contributed by atoms with Crippen LogP contribution in [0.4, 0.5) is 13.2 Å². The first-order valence-corrected chi connectivity index (χ1v) is 9.15. The molecule has 2 heterocycles. The van der Waals surface area contributed by atoms with E-state index in [0.29, 0.717) is 12.8 Å². The summed E-state index contributed by atoms with van der Waals surface area (Å²) in [5.74, 6) is -3.46. The van der Waals surface area contributed by atoms with Crippen LogP contribution in [0.15, 0.2) is 35.3 Å². The van der Waals surface area contributed by atoms with Crippen molar-refractivity contribution in [3.63, 3.8) is 0 Å². The van der Waals surface area contributed by atoms with Gasteiger partial charge in [-0.2, -0.15) is 5.26 Å². The average Bonchev–Trinajstić information content (AvgIpc) is 3.52. The van der Waals surface area contributed by atoms with Crippen LogP contribution in [-0.2, 0) is 10.2 Å². The first-order valence-electron chi connectivity index (χ1n) is 9.15. The predicted molar refractivity (Wildman–Crippen MR) is 101 cm³/mol. The van der Waals surface area contributed by atoms with Crippen molar-refractivity contribution >= 4 is 16.8 Å². The third-order valence-corrected chi connectivity index (χ3v) is 5.37. The molecule has 1 amide bonds. The molecule has 1 aliphatic rings. The number of rotatable bonds is 4. The minimum absolute atomic E-state index is 0.0254. The second-order valence-corrected chi connectivity index (χ2v) is 7.31. The fraction of sp³-hybridized carbons (Fsp3) is 0.238. The van der Waals surface area contributed by atoms with Crippen LogP contribution >= 0.6 is 0 Å². The maximum absolute atomic E-state index is 14.2. The zero-order chi connectivity index (χ0) is 21.6. The van der Waals surface area contributed by atoms with E-state index in [2.05, 4.69) is 15.3 Å². The molecule has 0 radical (unpaired) electrons. The first kappa shape index (κ1) is 19.6. The highest BCUT2D eigenvalue weighted by atomic mass is 19.2. The number of hydrogen-bond acceptors (Lipinski definition) is 4. The zero-order valence-corrected chi connectivity index (χ0v) is 15.7. The molecule has 0 bridgehead atoms. The predicted octanol–water partition coefficient (Wildman–Crippen LogP) is 3.12. The number of pyridine rings is 2. The number of halogens is 3. The number of carbonyl (C=O) groups is 1. The van der Waals surface area contributed by atoms with Gasteiger partial charge in [0, 0.05) is 17.1 Å². The number of nitrogens with one attached hydrogen (secondary N) is 2. The molecule has 3 aromatic rings. The summed E-state index contributed by atoms with van der Waals surface area (Å²) in [4.78, 5) is 31.9. The van der Waals surface area contributed by atoms with E-state index in [4.69, 9.17) is 5.26 Å². The molecule has 9 heteroatoms. The minimum Gasteiger partial charge on any atom is -0.347 e. The summed E-state index contributed by atoms with van der Waals surface area (Å²) in [6.07, 6.45) is 1.86. The van der Waals surface area contributed by atoms with Gasteiger partial charge in [-0.3, -0.25) is 14.6 Å². The minimum atomic E-state index is -1.21. The Labute approximate surface area is 168 Å². The summed E-state index contributed by atoms with van der Waals surface area (Å²) in [6, 6.07) is 5.31. The lowest BCUT2D eigenvalue weighted by atomic mass is 9.94. The molecule has 0 aliphatic heterocycles. The van der Waals surface area contributed by atoms with Crippen molar-refractivity contribution in [2.45, 2.75) is 31.2 Å². The molecule has 1 atom stereocenters. The van der Waals surface area contributed by atoms with E-state index in [9.17, 15) is 22.8 Å². The Kier molecular flexibility index (Phi) is 4.57. The smallest absolute Gasteiger partial charge is 0.252 e. The number of carbonyl (C=O) groups excluding carboxylic acids is 1. The Morgan fingerprint density at radius 2 is 2.00 bits per heavy atom. The van der Waals surface area contributed by atoms with Crippen molar-refractivity contribution < 1.29 is 18.0 Å². The third kappa shape index (κ3) is 3.10. The molecule has 152 valence electrons. The number of benzene rings is 1.